The Kier molecular flexibility index (Phi) is 11.3. The van der Waals surface area contributed by atoms with Gasteiger partial charge in [0.1, 0.15) is 14.9 Å². The second kappa shape index (κ2) is 13.3. The van der Waals surface area contributed by atoms with E-state index in [4.69, 9.17) is 5.11 Å². The van der Waals surface area contributed by atoms with Crippen molar-refractivity contribution in [3.8, 4) is 0 Å². The Balaban J connectivity index is 1.96. The third-order valence-corrected chi connectivity index (χ3v) is 9.53. The second-order valence-electron chi connectivity index (χ2n) is 9.81. The molecule has 0 amide bonds. The Morgan fingerprint density at radius 2 is 1.76 bits per heavy atom. The van der Waals surface area contributed by atoms with Gasteiger partial charge in [0.15, 0.2) is 0 Å². The maximum Gasteiger partial charge on any atom is 0.425 e. The van der Waals surface area contributed by atoms with Crippen molar-refractivity contribution >= 4 is 27.3 Å². The molecule has 7 nitrogen and oxygen atoms in total. The van der Waals surface area contributed by atoms with E-state index in [2.05, 4.69) is 5.32 Å². The minimum absolute atomic E-state index is 0.0330. The summed E-state index contributed by atoms with van der Waals surface area (Å²) in [6, 6.07) is 7.45. The van der Waals surface area contributed by atoms with Crippen LogP contribution < -0.4 is 5.32 Å². The van der Waals surface area contributed by atoms with Crippen molar-refractivity contribution in [1.82, 2.24) is 9.62 Å². The van der Waals surface area contributed by atoms with Crippen LogP contribution in [0.15, 0.2) is 34.5 Å². The van der Waals surface area contributed by atoms with Crippen molar-refractivity contribution in [3.63, 3.8) is 0 Å². The number of halogens is 4. The maximum absolute atomic E-state index is 13.8. The first-order valence-corrected chi connectivity index (χ1v) is 14.3. The van der Waals surface area contributed by atoms with Crippen LogP contribution in [-0.2, 0) is 33.8 Å². The van der Waals surface area contributed by atoms with Gasteiger partial charge in [-0.1, -0.05) is 18.2 Å². The largest absolute Gasteiger partial charge is 0.481 e. The average Bonchev–Trinajstić information content (AvgIpc) is 3.24. The molecule has 1 aromatic heterocycles. The number of alkyl halides is 3. The number of carboxylic acid groups (broad SMARTS) is 1. The number of nitrogens with zero attached hydrogens (tertiary/aromatic N) is 1. The normalized spacial score (nSPS) is 13.7. The number of β-amino-alcohol motifs (C(OH)–C–C–N with tert-alkyl or cyclic N) is 1. The Morgan fingerprint density at radius 1 is 1.13 bits per heavy atom. The zero-order valence-corrected chi connectivity index (χ0v) is 23.1. The standard InChI is InChI=1S/C25H34F4N2O5S2/c1-24(2,13-7-10-17-8-4-5-11-20(17)26)30-15-19(32)16-31(3)38(35,36)22-14-18(9-6-12-21(33)34)23(37-22)25(27,28)29/h4-5,8,11,14,19,30,32H,6-7,9-10,12-13,15-16H2,1-3H3,(H,33,34)/t19-/m1/s1. The molecule has 1 heterocycles. The lowest BCUT2D eigenvalue weighted by Crippen LogP contribution is -2.46. The highest BCUT2D eigenvalue weighted by molar-refractivity contribution is 7.91. The van der Waals surface area contributed by atoms with Gasteiger partial charge in [-0.05, 0) is 69.2 Å². The Bertz CT molecular complexity index is 1180. The quantitative estimate of drug-likeness (QED) is 0.263. The molecule has 0 fully saturated rings. The smallest absolute Gasteiger partial charge is 0.425 e. The van der Waals surface area contributed by atoms with Crippen LogP contribution in [0.5, 0.6) is 0 Å². The van der Waals surface area contributed by atoms with Crippen molar-refractivity contribution in [3.05, 3.63) is 52.2 Å². The van der Waals surface area contributed by atoms with Crippen LogP contribution in [0.1, 0.15) is 55.5 Å². The van der Waals surface area contributed by atoms with Gasteiger partial charge >= 0.3 is 12.1 Å². The number of hydrogen-bond donors (Lipinski definition) is 3. The molecule has 0 saturated heterocycles. The minimum atomic E-state index is -4.78. The molecule has 13 heteroatoms. The molecular formula is C25H34F4N2O5S2. The first-order valence-electron chi connectivity index (χ1n) is 12.1. The summed E-state index contributed by atoms with van der Waals surface area (Å²) < 4.78 is 80.4. The number of aliphatic carboxylic acids is 1. The van der Waals surface area contributed by atoms with E-state index in [9.17, 15) is 35.9 Å². The van der Waals surface area contributed by atoms with Crippen LogP contribution in [0.25, 0.3) is 0 Å². The van der Waals surface area contributed by atoms with Crippen LogP contribution >= 0.6 is 11.3 Å². The maximum atomic E-state index is 13.8. The fourth-order valence-electron chi connectivity index (χ4n) is 3.90. The molecule has 0 saturated carbocycles. The van der Waals surface area contributed by atoms with Gasteiger partial charge in [-0.15, -0.1) is 11.3 Å². The summed E-state index contributed by atoms with van der Waals surface area (Å²) in [5, 5.41) is 22.3. The zero-order valence-electron chi connectivity index (χ0n) is 21.5. The van der Waals surface area contributed by atoms with Gasteiger partial charge in [-0.3, -0.25) is 4.79 Å². The van der Waals surface area contributed by atoms with Crippen molar-refractivity contribution in [2.24, 2.45) is 0 Å². The second-order valence-corrected chi connectivity index (χ2v) is 13.1. The number of benzene rings is 1. The summed E-state index contributed by atoms with van der Waals surface area (Å²) in [5.74, 6) is -1.42. The number of sulfonamides is 1. The lowest BCUT2D eigenvalue weighted by molar-refractivity contribution is -0.137. The molecule has 38 heavy (non-hydrogen) atoms. The van der Waals surface area contributed by atoms with Gasteiger partial charge in [0.25, 0.3) is 10.0 Å². The molecule has 0 bridgehead atoms. The van der Waals surface area contributed by atoms with E-state index in [-0.39, 0.29) is 55.1 Å². The molecule has 0 spiro atoms. The molecule has 1 atom stereocenters. The van der Waals surface area contributed by atoms with Crippen molar-refractivity contribution < 1.29 is 41.0 Å². The molecule has 0 unspecified atom stereocenters. The van der Waals surface area contributed by atoms with E-state index in [0.717, 1.165) is 10.4 Å². The van der Waals surface area contributed by atoms with Gasteiger partial charge in [-0.25, -0.2) is 12.8 Å². The van der Waals surface area contributed by atoms with E-state index in [1.807, 2.05) is 13.8 Å². The summed E-state index contributed by atoms with van der Waals surface area (Å²) in [5.41, 5.74) is -0.0956. The fourth-order valence-corrected chi connectivity index (χ4v) is 6.73. The Labute approximate surface area is 224 Å². The summed E-state index contributed by atoms with van der Waals surface area (Å²) in [6.07, 6.45) is -4.68. The van der Waals surface area contributed by atoms with Crippen LogP contribution in [0, 0.1) is 5.82 Å². The van der Waals surface area contributed by atoms with Crippen LogP contribution in [0.2, 0.25) is 0 Å². The van der Waals surface area contributed by atoms with Gasteiger partial charge in [0, 0.05) is 32.1 Å². The molecule has 3 N–H and O–H groups in total. The van der Waals surface area contributed by atoms with Crippen molar-refractivity contribution in [2.75, 3.05) is 20.1 Å². The monoisotopic (exact) mass is 582 g/mol. The molecule has 0 aliphatic carbocycles. The van der Waals surface area contributed by atoms with E-state index < -0.39 is 42.9 Å². The lowest BCUT2D eigenvalue weighted by Gasteiger charge is -2.29. The highest BCUT2D eigenvalue weighted by Crippen LogP contribution is 2.40. The zero-order chi connectivity index (χ0) is 28.7. The molecule has 0 aliphatic rings. The first-order chi connectivity index (χ1) is 17.5. The summed E-state index contributed by atoms with van der Waals surface area (Å²) >= 11 is 0.0875. The van der Waals surface area contributed by atoms with Gasteiger partial charge in [0.05, 0.1) is 6.10 Å². The third-order valence-electron chi connectivity index (χ3n) is 6.03. The highest BCUT2D eigenvalue weighted by Gasteiger charge is 2.38. The molecule has 0 aliphatic heterocycles. The number of aliphatic hydroxyl groups is 1. The topological polar surface area (TPSA) is 107 Å². The Morgan fingerprint density at radius 3 is 2.37 bits per heavy atom. The number of hydrogen-bond acceptors (Lipinski definition) is 6. The average molecular weight is 583 g/mol. The highest BCUT2D eigenvalue weighted by atomic mass is 32.2. The first kappa shape index (κ1) is 32.2. The number of nitrogens with one attached hydrogen (secondary N) is 1. The number of likely N-dealkylation sites (N-methyl/N-ethyl adjacent to an activating group) is 1. The van der Waals surface area contributed by atoms with Gasteiger partial charge in [-0.2, -0.15) is 17.5 Å². The predicted octanol–water partition coefficient (Wildman–Crippen LogP) is 4.69. The SMILES string of the molecule is CN(C[C@H](O)CNC(C)(C)CCCc1ccccc1F)S(=O)(=O)c1cc(CCCC(=O)O)c(C(F)(F)F)s1. The number of carboxylic acids is 1. The van der Waals surface area contributed by atoms with Crippen LogP contribution in [-0.4, -0.2) is 60.7 Å². The summed E-state index contributed by atoms with van der Waals surface area (Å²) in [4.78, 5) is 9.63. The van der Waals surface area contributed by atoms with Gasteiger partial charge in [0.2, 0.25) is 0 Å². The number of rotatable bonds is 15. The van der Waals surface area contributed by atoms with Crippen LogP contribution in [0.3, 0.4) is 0 Å². The minimum Gasteiger partial charge on any atom is -0.481 e. The fraction of sp³-hybridized carbons (Fsp3) is 0.560. The van der Waals surface area contributed by atoms with Crippen molar-refractivity contribution in [1.29, 1.82) is 0 Å². The number of aliphatic hydroxyl groups excluding tert-OH is 1. The number of carbonyl (C=O) groups is 1. The summed E-state index contributed by atoms with van der Waals surface area (Å²) in [6.45, 7) is 3.48. The number of aryl methyl sites for hydroxylation is 2. The van der Waals surface area contributed by atoms with Gasteiger partial charge < -0.3 is 15.5 Å². The molecule has 2 rings (SSSR count). The summed E-state index contributed by atoms with van der Waals surface area (Å²) in [7, 11) is -3.15. The molecule has 0 radical (unpaired) electrons. The van der Waals surface area contributed by atoms with E-state index in [0.29, 0.717) is 24.8 Å². The van der Waals surface area contributed by atoms with E-state index in [1.165, 1.54) is 13.1 Å². The van der Waals surface area contributed by atoms with E-state index >= 15 is 0 Å². The van der Waals surface area contributed by atoms with E-state index in [1.54, 1.807) is 18.2 Å². The molecule has 2 aromatic rings. The third kappa shape index (κ3) is 9.60. The van der Waals surface area contributed by atoms with Crippen LogP contribution in [0.4, 0.5) is 17.6 Å². The van der Waals surface area contributed by atoms with Crippen molar-refractivity contribution in [2.45, 2.75) is 74.4 Å². The molecule has 214 valence electrons. The molecule has 1 aromatic carbocycles. The Hall–Kier alpha value is -2.06. The molecular weight excluding hydrogens is 548 g/mol. The predicted molar refractivity (Wildman–Crippen MR) is 137 cm³/mol. The number of thiophene rings is 1. The lowest BCUT2D eigenvalue weighted by atomic mass is 9.95.